The van der Waals surface area contributed by atoms with Crippen molar-refractivity contribution in [1.82, 2.24) is 19.8 Å². The first-order chi connectivity index (χ1) is 20.3. The normalized spacial score (nSPS) is 15.3. The fourth-order valence-corrected chi connectivity index (χ4v) is 4.10. The second kappa shape index (κ2) is 19.7. The van der Waals surface area contributed by atoms with Crippen molar-refractivity contribution in [3.63, 3.8) is 0 Å². The van der Waals surface area contributed by atoms with Gasteiger partial charge in [0.25, 0.3) is 0 Å². The van der Waals surface area contributed by atoms with Crippen LogP contribution in [0.15, 0.2) is 94.7 Å². The molecular weight excluding hydrogens is 670 g/mol. The minimum absolute atomic E-state index is 0. The number of pyridine rings is 2. The maximum Gasteiger partial charge on any atom is 0.208 e. The Morgan fingerprint density at radius 1 is 0.659 bits per heavy atom. The van der Waals surface area contributed by atoms with E-state index in [9.17, 15) is 9.59 Å². The third-order valence-electron chi connectivity index (χ3n) is 6.18. The smallest absolute Gasteiger partial charge is 0.208 e. The molecule has 0 fully saturated rings. The third kappa shape index (κ3) is 11.5. The Hall–Kier alpha value is -3.48. The molecule has 2 N–H and O–H groups in total. The van der Waals surface area contributed by atoms with Crippen LogP contribution in [0.3, 0.4) is 0 Å². The minimum Gasteiger partial charge on any atom is -1.00 e. The summed E-state index contributed by atoms with van der Waals surface area (Å²) in [5, 5.41) is 9.24. The predicted octanol–water partition coefficient (Wildman–Crippen LogP) is 2.74. The summed E-state index contributed by atoms with van der Waals surface area (Å²) in [5.74, 6) is 0.819. The summed E-state index contributed by atoms with van der Waals surface area (Å²) in [6.07, 6.45) is 13.4. The largest absolute Gasteiger partial charge is 1.00 e. The van der Waals surface area contributed by atoms with Gasteiger partial charge in [0.05, 0.1) is 10.0 Å². The molecule has 0 amide bonds. The van der Waals surface area contributed by atoms with Crippen LogP contribution in [0.1, 0.15) is 27.7 Å². The summed E-state index contributed by atoms with van der Waals surface area (Å²) in [4.78, 5) is 36.4. The van der Waals surface area contributed by atoms with Crippen LogP contribution in [0.2, 0.25) is 10.0 Å². The van der Waals surface area contributed by atoms with Gasteiger partial charge >= 0.3 is 0 Å². The van der Waals surface area contributed by atoms with E-state index in [0.29, 0.717) is 33.1 Å². The topological polar surface area (TPSA) is 115 Å². The second-order valence-electron chi connectivity index (χ2n) is 8.82. The Morgan fingerprint density at radius 2 is 1.02 bits per heavy atom. The van der Waals surface area contributed by atoms with E-state index in [-0.39, 0.29) is 40.8 Å². The Bertz CT molecular complexity index is 1320. The summed E-state index contributed by atoms with van der Waals surface area (Å²) in [6.45, 7) is 11.7. The van der Waals surface area contributed by atoms with E-state index in [0.717, 1.165) is 37.6 Å². The molecule has 2 aliphatic rings. The quantitative estimate of drug-likeness (QED) is 0.287. The van der Waals surface area contributed by atoms with Crippen LogP contribution in [-0.4, -0.2) is 68.9 Å². The molecule has 0 bridgehead atoms. The molecule has 1 radical (unpaired) electrons. The van der Waals surface area contributed by atoms with E-state index in [2.05, 4.69) is 68.5 Å². The third-order valence-corrected chi connectivity index (χ3v) is 6.63. The maximum absolute atomic E-state index is 12.0. The summed E-state index contributed by atoms with van der Waals surface area (Å²) in [6, 6.07) is 6.79. The molecule has 14 heteroatoms. The molecule has 4 rings (SSSR count). The Kier molecular flexibility index (Phi) is 17.3. The molecule has 0 aliphatic heterocycles. The number of anilines is 2. The van der Waals surface area contributed by atoms with Crippen molar-refractivity contribution in [3.05, 3.63) is 94.6 Å². The first kappa shape index (κ1) is 38.5. The van der Waals surface area contributed by atoms with E-state index < -0.39 is 0 Å². The van der Waals surface area contributed by atoms with Gasteiger partial charge in [0.2, 0.25) is 11.6 Å². The number of carbonyl (C=O) groups is 2. The van der Waals surface area contributed by atoms with Crippen LogP contribution in [0.5, 0.6) is 0 Å². The Morgan fingerprint density at radius 3 is 1.30 bits per heavy atom. The van der Waals surface area contributed by atoms with Crippen molar-refractivity contribution in [2.24, 2.45) is 10.2 Å². The Balaban J connectivity index is 0.000000421. The summed E-state index contributed by atoms with van der Waals surface area (Å²) in [5.41, 5.74) is 8.02. The molecule has 2 aliphatic carbocycles. The van der Waals surface area contributed by atoms with Crippen molar-refractivity contribution >= 4 is 57.8 Å². The van der Waals surface area contributed by atoms with Crippen molar-refractivity contribution in [2.45, 2.75) is 27.7 Å². The van der Waals surface area contributed by atoms with Crippen LogP contribution in [0.4, 0.5) is 11.6 Å². The number of ketones is 2. The van der Waals surface area contributed by atoms with Crippen molar-refractivity contribution in [2.75, 3.05) is 37.0 Å². The molecule has 2 aromatic rings. The van der Waals surface area contributed by atoms with Gasteiger partial charge in [-0.3, -0.25) is 20.4 Å². The molecule has 2 aromatic heterocycles. The second-order valence-corrected chi connectivity index (χ2v) is 9.69. The number of hydrazone groups is 2. The zero-order valence-corrected chi connectivity index (χ0v) is 28.0. The van der Waals surface area contributed by atoms with Gasteiger partial charge in [0, 0.05) is 78.9 Å². The molecular formula is C30H34Cl3CoN8O2-. The van der Waals surface area contributed by atoms with Gasteiger partial charge in [-0.2, -0.15) is 10.2 Å². The summed E-state index contributed by atoms with van der Waals surface area (Å²) in [7, 11) is 0. The van der Waals surface area contributed by atoms with Crippen LogP contribution < -0.4 is 23.3 Å². The number of hydrogen-bond acceptors (Lipinski definition) is 10. The number of nitrogens with zero attached hydrogens (tertiary/aromatic N) is 6. The first-order valence-electron chi connectivity index (χ1n) is 13.6. The van der Waals surface area contributed by atoms with Crippen molar-refractivity contribution < 1.29 is 38.8 Å². The number of halogens is 3. The number of aromatic nitrogens is 2. The zero-order valence-electron chi connectivity index (χ0n) is 24.7. The number of allylic oxidation sites excluding steroid dienone is 6. The fourth-order valence-electron chi connectivity index (χ4n) is 3.88. The molecule has 0 saturated heterocycles. The first-order valence-corrected chi connectivity index (χ1v) is 14.3. The van der Waals surface area contributed by atoms with Crippen LogP contribution in [0.25, 0.3) is 0 Å². The van der Waals surface area contributed by atoms with Gasteiger partial charge in [-0.25, -0.2) is 9.97 Å². The molecule has 44 heavy (non-hydrogen) atoms. The fraction of sp³-hybridized carbons (Fsp3) is 0.267. The van der Waals surface area contributed by atoms with Gasteiger partial charge in [0.15, 0.2) is 0 Å². The molecule has 0 atom stereocenters. The van der Waals surface area contributed by atoms with Gasteiger partial charge in [-0.1, -0.05) is 23.2 Å². The maximum atomic E-state index is 12.0. The van der Waals surface area contributed by atoms with Gasteiger partial charge in [0.1, 0.15) is 23.1 Å². The van der Waals surface area contributed by atoms with Crippen LogP contribution in [0, 0.1) is 0 Å². The summed E-state index contributed by atoms with van der Waals surface area (Å²) >= 11 is 11.5. The number of likely N-dealkylation sites (N-methyl/N-ethyl adjacent to an activating group) is 2. The molecule has 2 heterocycles. The van der Waals surface area contributed by atoms with E-state index in [1.807, 2.05) is 12.2 Å². The molecule has 0 unspecified atom stereocenters. The number of carbonyl (C=O) groups excluding carboxylic acids is 2. The van der Waals surface area contributed by atoms with Gasteiger partial charge in [-0.15, -0.1) is 0 Å². The number of nitrogens with one attached hydrogen (secondary N) is 2. The van der Waals surface area contributed by atoms with Gasteiger partial charge in [-0.05, 0) is 76.3 Å². The average Bonchev–Trinajstić information content (AvgIpc) is 2.99. The van der Waals surface area contributed by atoms with E-state index >= 15 is 0 Å². The predicted molar refractivity (Wildman–Crippen MR) is 171 cm³/mol. The van der Waals surface area contributed by atoms with E-state index in [1.54, 1.807) is 48.6 Å². The average molecular weight is 704 g/mol. The number of rotatable bonds is 10. The SMILES string of the molecule is CCN(CC)C1=CC(=O)/C(=N/Nc2ccc(Cl)cn2)C=C1.CCN(CC)C1=CC(=O)/C(=N/Nc2ccc(Cl)cn2)C=C1.[Cl-].[Co]. The summed E-state index contributed by atoms with van der Waals surface area (Å²) < 4.78 is 0. The van der Waals surface area contributed by atoms with Gasteiger partial charge < -0.3 is 22.2 Å². The molecule has 0 saturated carbocycles. The van der Waals surface area contributed by atoms with Crippen LogP contribution >= 0.6 is 23.2 Å². The van der Waals surface area contributed by atoms with Crippen molar-refractivity contribution in [3.8, 4) is 0 Å². The molecule has 0 aromatic carbocycles. The minimum atomic E-state index is -0.124. The monoisotopic (exact) mass is 702 g/mol. The van der Waals surface area contributed by atoms with Crippen LogP contribution in [-0.2, 0) is 26.4 Å². The van der Waals surface area contributed by atoms with E-state index in [1.165, 1.54) is 12.4 Å². The zero-order chi connectivity index (χ0) is 30.5. The van der Waals surface area contributed by atoms with E-state index in [4.69, 9.17) is 23.2 Å². The standard InChI is InChI=1S/2C15H17ClN4O.ClH.Co/c2*1-3-20(4-2)12-6-7-13(14(21)9-12)18-19-15-8-5-11(16)10-17-15;;/h2*5-10H,3-4H2,1-2H3,(H,17,19);1H;/p-1/b2*18-13+;;. The van der Waals surface area contributed by atoms with Crippen molar-refractivity contribution in [1.29, 1.82) is 0 Å². The molecule has 0 spiro atoms. The molecule has 237 valence electrons. The number of hydrogen-bond donors (Lipinski definition) is 2. The Labute approximate surface area is 284 Å². The molecule has 10 nitrogen and oxygen atoms in total.